The molecule has 0 spiro atoms. The van der Waals surface area contributed by atoms with Crippen molar-refractivity contribution in [2.75, 3.05) is 30.5 Å². The van der Waals surface area contributed by atoms with Crippen LogP contribution in [0, 0.1) is 0 Å². The van der Waals surface area contributed by atoms with Crippen LogP contribution in [0.15, 0.2) is 42.5 Å². The molecule has 158 valence electrons. The van der Waals surface area contributed by atoms with E-state index in [0.29, 0.717) is 41.8 Å². The highest BCUT2D eigenvalue weighted by molar-refractivity contribution is 6.34. The summed E-state index contributed by atoms with van der Waals surface area (Å²) in [5.74, 6) is 1.03. The van der Waals surface area contributed by atoms with E-state index >= 15 is 0 Å². The Kier molecular flexibility index (Phi) is 7.36. The molecule has 0 radical (unpaired) electrons. The Morgan fingerprint density at radius 1 is 1.23 bits per heavy atom. The second-order valence-electron chi connectivity index (χ2n) is 6.89. The number of nitrogens with zero attached hydrogens (tertiary/aromatic N) is 1. The first kappa shape index (κ1) is 21.7. The highest BCUT2D eigenvalue weighted by atomic mass is 35.5. The molecule has 2 aromatic rings. The third-order valence-electron chi connectivity index (χ3n) is 4.67. The lowest BCUT2D eigenvalue weighted by Crippen LogP contribution is -2.23. The van der Waals surface area contributed by atoms with Crippen molar-refractivity contribution in [1.29, 1.82) is 0 Å². The minimum absolute atomic E-state index is 0.0785. The van der Waals surface area contributed by atoms with Crippen LogP contribution >= 0.6 is 11.6 Å². The van der Waals surface area contributed by atoms with Gasteiger partial charge in [0.1, 0.15) is 0 Å². The second kappa shape index (κ2) is 10.2. The number of nitrogens with one attached hydrogen (secondary N) is 1. The molecule has 6 nitrogen and oxygen atoms in total. The third kappa shape index (κ3) is 5.33. The molecule has 1 N–H and O–H groups in total. The molecular formula is C23H25ClN2O4. The number of halogens is 1. The lowest BCUT2D eigenvalue weighted by atomic mass is 10.2. The number of ether oxygens (including phenoxy) is 2. The number of anilines is 2. The molecule has 1 aliphatic rings. The Morgan fingerprint density at radius 3 is 2.77 bits per heavy atom. The molecule has 0 aliphatic carbocycles. The van der Waals surface area contributed by atoms with E-state index in [0.717, 1.165) is 24.1 Å². The summed E-state index contributed by atoms with van der Waals surface area (Å²) in [5, 5.41) is 3.18. The Bertz CT molecular complexity index is 958. The van der Waals surface area contributed by atoms with E-state index in [2.05, 4.69) is 5.32 Å². The number of carbonyl (C=O) groups is 2. The van der Waals surface area contributed by atoms with Crippen molar-refractivity contribution >= 4 is 40.9 Å². The zero-order chi connectivity index (χ0) is 21.5. The van der Waals surface area contributed by atoms with Gasteiger partial charge in [0.15, 0.2) is 11.5 Å². The van der Waals surface area contributed by atoms with E-state index < -0.39 is 0 Å². The number of methoxy groups -OCH3 is 1. The minimum Gasteiger partial charge on any atom is -0.493 e. The van der Waals surface area contributed by atoms with Gasteiger partial charge in [-0.15, -0.1) is 0 Å². The molecule has 1 aliphatic heterocycles. The number of hydrogen-bond donors (Lipinski definition) is 1. The molecule has 7 heteroatoms. The van der Waals surface area contributed by atoms with E-state index in [1.165, 1.54) is 6.08 Å². The summed E-state index contributed by atoms with van der Waals surface area (Å²) in [4.78, 5) is 26.1. The monoisotopic (exact) mass is 428 g/mol. The summed E-state index contributed by atoms with van der Waals surface area (Å²) in [6.07, 6.45) is 5.38. The van der Waals surface area contributed by atoms with Gasteiger partial charge in [0.25, 0.3) is 0 Å². The zero-order valence-electron chi connectivity index (χ0n) is 17.1. The van der Waals surface area contributed by atoms with Gasteiger partial charge >= 0.3 is 0 Å². The average Bonchev–Trinajstić information content (AvgIpc) is 3.18. The van der Waals surface area contributed by atoms with Crippen LogP contribution in [0.3, 0.4) is 0 Å². The van der Waals surface area contributed by atoms with Gasteiger partial charge in [0, 0.05) is 24.7 Å². The van der Waals surface area contributed by atoms with Crippen molar-refractivity contribution < 1.29 is 19.1 Å². The van der Waals surface area contributed by atoms with Crippen molar-refractivity contribution in [3.05, 3.63) is 53.1 Å². The molecule has 1 saturated heterocycles. The van der Waals surface area contributed by atoms with E-state index in [1.807, 2.05) is 19.1 Å². The molecule has 0 atom stereocenters. The molecule has 1 fully saturated rings. The van der Waals surface area contributed by atoms with Crippen molar-refractivity contribution in [1.82, 2.24) is 0 Å². The summed E-state index contributed by atoms with van der Waals surface area (Å²) >= 11 is 6.23. The van der Waals surface area contributed by atoms with Crippen LogP contribution in [0.25, 0.3) is 6.08 Å². The molecule has 0 aromatic heterocycles. The first-order valence-electron chi connectivity index (χ1n) is 9.91. The third-order valence-corrected chi connectivity index (χ3v) is 5.00. The van der Waals surface area contributed by atoms with Crippen LogP contribution in [-0.4, -0.2) is 32.1 Å². The maximum Gasteiger partial charge on any atom is 0.248 e. The first-order chi connectivity index (χ1) is 14.5. The predicted molar refractivity (Wildman–Crippen MR) is 119 cm³/mol. The molecule has 2 aromatic carbocycles. The second-order valence-corrected chi connectivity index (χ2v) is 7.30. The van der Waals surface area contributed by atoms with Crippen LogP contribution < -0.4 is 19.7 Å². The van der Waals surface area contributed by atoms with Gasteiger partial charge in [-0.25, -0.2) is 0 Å². The van der Waals surface area contributed by atoms with Crippen molar-refractivity contribution in [3.63, 3.8) is 0 Å². The molecule has 2 amide bonds. The van der Waals surface area contributed by atoms with Crippen molar-refractivity contribution in [3.8, 4) is 11.5 Å². The Balaban J connectivity index is 1.69. The van der Waals surface area contributed by atoms with E-state index in [-0.39, 0.29) is 11.8 Å². The zero-order valence-corrected chi connectivity index (χ0v) is 17.9. The SMILES string of the molecule is CCCOc1ccc(/C=C/C(=O)Nc2cc(N3CCCC3=O)ccc2Cl)cc1OC. The van der Waals surface area contributed by atoms with Gasteiger partial charge in [-0.3, -0.25) is 9.59 Å². The average molecular weight is 429 g/mol. The van der Waals surface area contributed by atoms with E-state index in [9.17, 15) is 9.59 Å². The van der Waals surface area contributed by atoms with Gasteiger partial charge < -0.3 is 19.7 Å². The number of carbonyl (C=O) groups excluding carboxylic acids is 2. The lowest BCUT2D eigenvalue weighted by molar-refractivity contribution is -0.117. The molecule has 30 heavy (non-hydrogen) atoms. The highest BCUT2D eigenvalue weighted by Crippen LogP contribution is 2.31. The molecule has 0 saturated carbocycles. The first-order valence-corrected chi connectivity index (χ1v) is 10.3. The van der Waals surface area contributed by atoms with Crippen molar-refractivity contribution in [2.24, 2.45) is 0 Å². The van der Waals surface area contributed by atoms with Gasteiger partial charge in [-0.05, 0) is 54.8 Å². The quantitative estimate of drug-likeness (QED) is 0.606. The van der Waals surface area contributed by atoms with Crippen LogP contribution in [-0.2, 0) is 9.59 Å². The molecule has 3 rings (SSSR count). The molecule has 0 unspecified atom stereocenters. The topological polar surface area (TPSA) is 67.9 Å². The lowest BCUT2D eigenvalue weighted by Gasteiger charge is -2.17. The van der Waals surface area contributed by atoms with Gasteiger partial charge in [0.2, 0.25) is 11.8 Å². The maximum absolute atomic E-state index is 12.4. The summed E-state index contributed by atoms with van der Waals surface area (Å²) in [7, 11) is 1.58. The number of rotatable bonds is 8. The highest BCUT2D eigenvalue weighted by Gasteiger charge is 2.22. The Morgan fingerprint density at radius 2 is 2.07 bits per heavy atom. The van der Waals surface area contributed by atoms with Crippen LogP contribution in [0.2, 0.25) is 5.02 Å². The largest absolute Gasteiger partial charge is 0.493 e. The number of amides is 2. The predicted octanol–water partition coefficient (Wildman–Crippen LogP) is 4.92. The van der Waals surface area contributed by atoms with Crippen LogP contribution in [0.1, 0.15) is 31.7 Å². The van der Waals surface area contributed by atoms with Crippen molar-refractivity contribution in [2.45, 2.75) is 26.2 Å². The number of benzene rings is 2. The molecule has 0 bridgehead atoms. The van der Waals surface area contributed by atoms with E-state index in [1.54, 1.807) is 42.4 Å². The smallest absolute Gasteiger partial charge is 0.248 e. The van der Waals surface area contributed by atoms with Crippen LogP contribution in [0.5, 0.6) is 11.5 Å². The van der Waals surface area contributed by atoms with Gasteiger partial charge in [-0.1, -0.05) is 24.6 Å². The normalized spacial score (nSPS) is 13.7. The van der Waals surface area contributed by atoms with Crippen LogP contribution in [0.4, 0.5) is 11.4 Å². The summed E-state index contributed by atoms with van der Waals surface area (Å²) in [6, 6.07) is 10.7. The molecule has 1 heterocycles. The standard InChI is InChI=1S/C23H25ClN2O4/c1-3-13-30-20-10-6-16(14-21(20)29-2)7-11-22(27)25-19-15-17(8-9-18(19)24)26-12-4-5-23(26)28/h6-11,14-15H,3-5,12-13H2,1-2H3,(H,25,27)/b11-7+. The maximum atomic E-state index is 12.4. The van der Waals surface area contributed by atoms with E-state index in [4.69, 9.17) is 21.1 Å². The van der Waals surface area contributed by atoms with Gasteiger partial charge in [0.05, 0.1) is 24.4 Å². The Hall–Kier alpha value is -2.99. The summed E-state index contributed by atoms with van der Waals surface area (Å²) < 4.78 is 11.0. The summed E-state index contributed by atoms with van der Waals surface area (Å²) in [6.45, 7) is 3.32. The fourth-order valence-corrected chi connectivity index (χ4v) is 3.33. The minimum atomic E-state index is -0.327. The van der Waals surface area contributed by atoms with Gasteiger partial charge in [-0.2, -0.15) is 0 Å². The summed E-state index contributed by atoms with van der Waals surface area (Å²) in [5.41, 5.74) is 1.99. The molecular weight excluding hydrogens is 404 g/mol. The fraction of sp³-hybridized carbons (Fsp3) is 0.304. The fourth-order valence-electron chi connectivity index (χ4n) is 3.16. The number of hydrogen-bond acceptors (Lipinski definition) is 4. The Labute approximate surface area is 181 Å².